The fourth-order valence-corrected chi connectivity index (χ4v) is 2.11. The number of methoxy groups -OCH3 is 2. The van der Waals surface area contributed by atoms with E-state index in [1.807, 2.05) is 0 Å². The molecule has 0 aliphatic heterocycles. The summed E-state index contributed by atoms with van der Waals surface area (Å²) in [6.07, 6.45) is 0.982. The minimum absolute atomic E-state index is 0.0402. The van der Waals surface area contributed by atoms with Crippen molar-refractivity contribution in [1.82, 2.24) is 0 Å². The van der Waals surface area contributed by atoms with Gasteiger partial charge in [0.15, 0.2) is 11.5 Å². The van der Waals surface area contributed by atoms with Crippen LogP contribution < -0.4 is 0 Å². The Hall–Kier alpha value is -2.11. The largest absolute Gasteiger partial charge is 0.507 e. The van der Waals surface area contributed by atoms with Crippen LogP contribution in [0.4, 0.5) is 0 Å². The lowest BCUT2D eigenvalue weighted by atomic mass is 9.91. The van der Waals surface area contributed by atoms with Crippen molar-refractivity contribution in [2.45, 2.75) is 12.2 Å². The highest BCUT2D eigenvalue weighted by molar-refractivity contribution is 6.05. The molecule has 1 aromatic rings. The summed E-state index contributed by atoms with van der Waals surface area (Å²) in [5.74, 6) is -2.27. The van der Waals surface area contributed by atoms with Crippen LogP contribution in [0.5, 0.6) is 0 Å². The fourth-order valence-electron chi connectivity index (χ4n) is 2.11. The van der Waals surface area contributed by atoms with Crippen LogP contribution in [-0.2, 0) is 14.3 Å². The summed E-state index contributed by atoms with van der Waals surface area (Å²) in [7, 11) is 2.68. The van der Waals surface area contributed by atoms with Gasteiger partial charge in [0, 0.05) is 19.8 Å². The molecule has 5 heteroatoms. The number of aliphatic hydroxyl groups is 2. The van der Waals surface area contributed by atoms with E-state index in [1.165, 1.54) is 20.3 Å². The molecular formula is C15H16O5. The molecule has 106 valence electrons. The van der Waals surface area contributed by atoms with Crippen LogP contribution in [0.2, 0.25) is 0 Å². The fraction of sp³-hybridized carbons (Fsp3) is 0.267. The molecule has 20 heavy (non-hydrogen) atoms. The van der Waals surface area contributed by atoms with E-state index in [4.69, 9.17) is 9.47 Å². The van der Waals surface area contributed by atoms with Gasteiger partial charge >= 0.3 is 0 Å². The first-order chi connectivity index (χ1) is 9.54. The van der Waals surface area contributed by atoms with Crippen LogP contribution in [0, 0.1) is 0 Å². The number of Topliss-reactive ketones (excluding diaryl/α,β-unsaturated/α-hetero) is 1. The van der Waals surface area contributed by atoms with Gasteiger partial charge in [-0.15, -0.1) is 0 Å². The van der Waals surface area contributed by atoms with Gasteiger partial charge in [0.05, 0.1) is 12.0 Å². The van der Waals surface area contributed by atoms with E-state index in [0.717, 1.165) is 0 Å². The molecule has 2 N–H and O–H groups in total. The third kappa shape index (κ3) is 2.33. The monoisotopic (exact) mass is 276 g/mol. The maximum Gasteiger partial charge on any atom is 0.234 e. The highest BCUT2D eigenvalue weighted by atomic mass is 16.7. The number of ether oxygens (including phenoxy) is 2. The predicted molar refractivity (Wildman–Crippen MR) is 73.1 cm³/mol. The van der Waals surface area contributed by atoms with Crippen molar-refractivity contribution in [3.05, 3.63) is 53.3 Å². The molecule has 0 atom stereocenters. The second-order valence-electron chi connectivity index (χ2n) is 4.42. The Bertz CT molecular complexity index is 567. The van der Waals surface area contributed by atoms with E-state index in [0.29, 0.717) is 5.56 Å². The van der Waals surface area contributed by atoms with Crippen molar-refractivity contribution in [2.24, 2.45) is 0 Å². The van der Waals surface area contributed by atoms with Crippen molar-refractivity contribution >= 4 is 11.5 Å². The Balaban J connectivity index is 2.50. The molecule has 0 spiro atoms. The second kappa shape index (κ2) is 5.48. The smallest absolute Gasteiger partial charge is 0.234 e. The molecule has 0 unspecified atom stereocenters. The number of hydrogen-bond acceptors (Lipinski definition) is 5. The quantitative estimate of drug-likeness (QED) is 0.503. The zero-order valence-electron chi connectivity index (χ0n) is 11.3. The number of allylic oxidation sites excluding steroid dienone is 2. The van der Waals surface area contributed by atoms with Gasteiger partial charge in [0.2, 0.25) is 5.79 Å². The van der Waals surface area contributed by atoms with Gasteiger partial charge in [-0.1, -0.05) is 30.3 Å². The molecule has 2 rings (SSSR count). The van der Waals surface area contributed by atoms with Crippen molar-refractivity contribution in [2.75, 3.05) is 14.2 Å². The Morgan fingerprint density at radius 1 is 1.20 bits per heavy atom. The average molecular weight is 276 g/mol. The molecular weight excluding hydrogens is 260 g/mol. The summed E-state index contributed by atoms with van der Waals surface area (Å²) in [6.45, 7) is 0. The maximum atomic E-state index is 12.2. The van der Waals surface area contributed by atoms with Gasteiger partial charge in [-0.3, -0.25) is 4.79 Å². The second-order valence-corrected chi connectivity index (χ2v) is 4.42. The molecule has 0 saturated carbocycles. The van der Waals surface area contributed by atoms with Gasteiger partial charge in [-0.05, 0) is 6.08 Å². The van der Waals surface area contributed by atoms with Crippen molar-refractivity contribution < 1.29 is 24.5 Å². The molecule has 0 fully saturated rings. The van der Waals surface area contributed by atoms with Crippen molar-refractivity contribution in [1.29, 1.82) is 0 Å². The summed E-state index contributed by atoms with van der Waals surface area (Å²) in [4.78, 5) is 12.2. The predicted octanol–water partition coefficient (Wildman–Crippen LogP) is 2.36. The van der Waals surface area contributed by atoms with E-state index >= 15 is 0 Å². The number of carbonyl (C=O) groups excluding carboxylic acids is 1. The molecule has 0 radical (unpaired) electrons. The average Bonchev–Trinajstić information content (AvgIpc) is 2.49. The highest BCUT2D eigenvalue weighted by Gasteiger charge is 2.42. The summed E-state index contributed by atoms with van der Waals surface area (Å²) in [6, 6.07) is 8.65. The minimum atomic E-state index is -1.47. The van der Waals surface area contributed by atoms with E-state index in [-0.39, 0.29) is 29.3 Å². The molecule has 0 aromatic heterocycles. The van der Waals surface area contributed by atoms with Crippen LogP contribution in [0.15, 0.2) is 47.7 Å². The van der Waals surface area contributed by atoms with E-state index in [2.05, 4.69) is 0 Å². The van der Waals surface area contributed by atoms with Crippen LogP contribution in [0.25, 0.3) is 5.76 Å². The number of rotatable bonds is 3. The van der Waals surface area contributed by atoms with Crippen LogP contribution in [-0.4, -0.2) is 36.0 Å². The van der Waals surface area contributed by atoms with Crippen molar-refractivity contribution in [3.63, 3.8) is 0 Å². The number of hydrogen-bond donors (Lipinski definition) is 2. The van der Waals surface area contributed by atoms with E-state index < -0.39 is 5.79 Å². The molecule has 1 aliphatic carbocycles. The van der Waals surface area contributed by atoms with Gasteiger partial charge < -0.3 is 19.7 Å². The lowest BCUT2D eigenvalue weighted by Crippen LogP contribution is -2.41. The minimum Gasteiger partial charge on any atom is -0.507 e. The lowest BCUT2D eigenvalue weighted by molar-refractivity contribution is -0.202. The van der Waals surface area contributed by atoms with Crippen molar-refractivity contribution in [3.8, 4) is 0 Å². The van der Waals surface area contributed by atoms with Crippen LogP contribution >= 0.6 is 0 Å². The molecule has 1 aliphatic rings. The number of carbonyl (C=O) groups is 1. The zero-order chi connectivity index (χ0) is 14.8. The van der Waals surface area contributed by atoms with Gasteiger partial charge in [-0.2, -0.15) is 0 Å². The third-order valence-corrected chi connectivity index (χ3v) is 3.33. The molecule has 1 aromatic carbocycles. The summed E-state index contributed by atoms with van der Waals surface area (Å²) >= 11 is 0. The summed E-state index contributed by atoms with van der Waals surface area (Å²) < 4.78 is 10.2. The summed E-state index contributed by atoms with van der Waals surface area (Å²) in [5, 5.41) is 20.2. The van der Waals surface area contributed by atoms with Crippen LogP contribution in [0.3, 0.4) is 0 Å². The van der Waals surface area contributed by atoms with Gasteiger partial charge in [0.25, 0.3) is 0 Å². The Morgan fingerprint density at radius 3 is 2.35 bits per heavy atom. The normalized spacial score (nSPS) is 20.5. The number of aliphatic hydroxyl groups excluding tert-OH is 2. The number of ketones is 1. The van der Waals surface area contributed by atoms with Gasteiger partial charge in [-0.25, -0.2) is 0 Å². The first-order valence-electron chi connectivity index (χ1n) is 6.07. The molecule has 0 bridgehead atoms. The Morgan fingerprint density at radius 2 is 1.80 bits per heavy atom. The topological polar surface area (TPSA) is 76.0 Å². The Labute approximate surface area is 116 Å². The third-order valence-electron chi connectivity index (χ3n) is 3.33. The standard InChI is InChI=1S/C15H16O5/c1-19-15(20-2)9-12(16)11(8-13(15)17)14(18)10-6-4-3-5-7-10/h3-8,17-18H,9H2,1-2H3. The maximum absolute atomic E-state index is 12.2. The SMILES string of the molecule is COC1(OC)CC(=O)C(=C(O)c2ccccc2)C=C1O. The highest BCUT2D eigenvalue weighted by Crippen LogP contribution is 2.34. The lowest BCUT2D eigenvalue weighted by Gasteiger charge is -2.32. The molecule has 0 amide bonds. The Kier molecular flexibility index (Phi) is 3.92. The van der Waals surface area contributed by atoms with E-state index in [9.17, 15) is 15.0 Å². The molecule has 5 nitrogen and oxygen atoms in total. The zero-order valence-corrected chi connectivity index (χ0v) is 11.3. The summed E-state index contributed by atoms with van der Waals surface area (Å²) in [5.41, 5.74) is 0.542. The first kappa shape index (κ1) is 14.3. The molecule has 0 heterocycles. The van der Waals surface area contributed by atoms with E-state index in [1.54, 1.807) is 30.3 Å². The molecule has 0 saturated heterocycles. The van der Waals surface area contributed by atoms with Gasteiger partial charge in [0.1, 0.15) is 5.76 Å². The number of benzene rings is 1. The van der Waals surface area contributed by atoms with Crippen LogP contribution in [0.1, 0.15) is 12.0 Å². The first-order valence-corrected chi connectivity index (χ1v) is 6.07.